The number of pyridine rings is 1. The molecule has 1 fully saturated rings. The summed E-state index contributed by atoms with van der Waals surface area (Å²) in [6, 6.07) is 3.32. The second kappa shape index (κ2) is 7.60. The number of aryl methyl sites for hydroxylation is 1. The summed E-state index contributed by atoms with van der Waals surface area (Å²) >= 11 is 5.79. The molecule has 1 N–H and O–H groups in total. The van der Waals surface area contributed by atoms with E-state index in [9.17, 15) is 9.59 Å². The van der Waals surface area contributed by atoms with E-state index in [0.717, 1.165) is 12.8 Å². The largest absolute Gasteiger partial charge is 0.336 e. The SMILES string of the molecule is CCn1nncc1C(=O)N1CCCC(C(=O)Nc2ccc(Cl)cn2)C1. The molecule has 1 atom stereocenters. The zero-order valence-electron chi connectivity index (χ0n) is 13.9. The van der Waals surface area contributed by atoms with Crippen LogP contribution < -0.4 is 5.32 Å². The molecule has 8 nitrogen and oxygen atoms in total. The van der Waals surface area contributed by atoms with Crippen LogP contribution in [0.5, 0.6) is 0 Å². The number of piperidine rings is 1. The number of likely N-dealkylation sites (tertiary alicyclic amines) is 1. The first-order chi connectivity index (χ1) is 12.1. The quantitative estimate of drug-likeness (QED) is 0.895. The van der Waals surface area contributed by atoms with E-state index in [0.29, 0.717) is 36.2 Å². The van der Waals surface area contributed by atoms with Gasteiger partial charge in [0.2, 0.25) is 5.91 Å². The first-order valence-corrected chi connectivity index (χ1v) is 8.56. The molecule has 9 heteroatoms. The van der Waals surface area contributed by atoms with Crippen LogP contribution in [0.15, 0.2) is 24.5 Å². The molecule has 0 radical (unpaired) electrons. The first kappa shape index (κ1) is 17.3. The molecule has 0 aromatic carbocycles. The van der Waals surface area contributed by atoms with Crippen molar-refractivity contribution in [2.45, 2.75) is 26.3 Å². The second-order valence-corrected chi connectivity index (χ2v) is 6.31. The minimum atomic E-state index is -0.277. The summed E-state index contributed by atoms with van der Waals surface area (Å²) in [6.45, 7) is 3.46. The van der Waals surface area contributed by atoms with Gasteiger partial charge in [-0.2, -0.15) is 0 Å². The highest BCUT2D eigenvalue weighted by atomic mass is 35.5. The molecular formula is C16H19ClN6O2. The number of carbonyl (C=O) groups is 2. The third-order valence-corrected chi connectivity index (χ3v) is 4.42. The average molecular weight is 363 g/mol. The van der Waals surface area contributed by atoms with Crippen molar-refractivity contribution in [3.8, 4) is 0 Å². The fraction of sp³-hybridized carbons (Fsp3) is 0.438. The summed E-state index contributed by atoms with van der Waals surface area (Å²) in [7, 11) is 0. The van der Waals surface area contributed by atoms with Crippen molar-refractivity contribution in [2.24, 2.45) is 5.92 Å². The number of rotatable bonds is 4. The van der Waals surface area contributed by atoms with Crippen LogP contribution in [0.3, 0.4) is 0 Å². The lowest BCUT2D eigenvalue weighted by atomic mass is 9.97. The van der Waals surface area contributed by atoms with Crippen LogP contribution in [0, 0.1) is 5.92 Å². The van der Waals surface area contributed by atoms with Gasteiger partial charge in [0.05, 0.1) is 17.1 Å². The van der Waals surface area contributed by atoms with Gasteiger partial charge >= 0.3 is 0 Å². The fourth-order valence-corrected chi connectivity index (χ4v) is 2.98. The molecule has 1 unspecified atom stereocenters. The van der Waals surface area contributed by atoms with E-state index in [2.05, 4.69) is 20.6 Å². The van der Waals surface area contributed by atoms with Crippen LogP contribution >= 0.6 is 11.6 Å². The van der Waals surface area contributed by atoms with Gasteiger partial charge < -0.3 is 10.2 Å². The maximum absolute atomic E-state index is 12.7. The molecule has 1 aliphatic rings. The number of amides is 2. The Morgan fingerprint density at radius 2 is 2.20 bits per heavy atom. The number of hydrogen-bond donors (Lipinski definition) is 1. The third kappa shape index (κ3) is 3.96. The topological polar surface area (TPSA) is 93.0 Å². The molecule has 0 spiro atoms. The van der Waals surface area contributed by atoms with Crippen LogP contribution in [-0.2, 0) is 11.3 Å². The summed E-state index contributed by atoms with van der Waals surface area (Å²) in [6.07, 6.45) is 4.44. The van der Waals surface area contributed by atoms with Crippen molar-refractivity contribution in [3.63, 3.8) is 0 Å². The van der Waals surface area contributed by atoms with E-state index in [4.69, 9.17) is 11.6 Å². The van der Waals surface area contributed by atoms with Crippen molar-refractivity contribution in [2.75, 3.05) is 18.4 Å². The van der Waals surface area contributed by atoms with Crippen molar-refractivity contribution in [1.29, 1.82) is 0 Å². The number of halogens is 1. The predicted molar refractivity (Wildman–Crippen MR) is 92.2 cm³/mol. The zero-order chi connectivity index (χ0) is 17.8. The number of carbonyl (C=O) groups excluding carboxylic acids is 2. The van der Waals surface area contributed by atoms with E-state index in [1.54, 1.807) is 21.7 Å². The Morgan fingerprint density at radius 1 is 1.36 bits per heavy atom. The Morgan fingerprint density at radius 3 is 2.92 bits per heavy atom. The molecule has 1 saturated heterocycles. The molecule has 2 aromatic rings. The van der Waals surface area contributed by atoms with Crippen LogP contribution in [-0.4, -0.2) is 49.8 Å². The van der Waals surface area contributed by atoms with Crippen molar-refractivity contribution in [3.05, 3.63) is 35.2 Å². The van der Waals surface area contributed by atoms with Gasteiger partial charge in [0.1, 0.15) is 11.5 Å². The van der Waals surface area contributed by atoms with Crippen molar-refractivity contribution >= 4 is 29.2 Å². The first-order valence-electron chi connectivity index (χ1n) is 8.18. The van der Waals surface area contributed by atoms with E-state index in [1.807, 2.05) is 6.92 Å². The third-order valence-electron chi connectivity index (χ3n) is 4.19. The zero-order valence-corrected chi connectivity index (χ0v) is 14.6. The lowest BCUT2D eigenvalue weighted by Gasteiger charge is -2.31. The van der Waals surface area contributed by atoms with E-state index >= 15 is 0 Å². The molecule has 0 aliphatic carbocycles. The summed E-state index contributed by atoms with van der Waals surface area (Å²) in [5.41, 5.74) is 0.447. The van der Waals surface area contributed by atoms with Gasteiger partial charge in [0, 0.05) is 25.8 Å². The Kier molecular flexibility index (Phi) is 5.28. The van der Waals surface area contributed by atoms with Gasteiger partial charge in [-0.15, -0.1) is 5.10 Å². The summed E-state index contributed by atoms with van der Waals surface area (Å²) in [5, 5.41) is 11.0. The Labute approximate surface area is 150 Å². The number of aromatic nitrogens is 4. The minimum absolute atomic E-state index is 0.144. The number of anilines is 1. The smallest absolute Gasteiger partial charge is 0.273 e. The molecule has 3 rings (SSSR count). The molecule has 25 heavy (non-hydrogen) atoms. The fourth-order valence-electron chi connectivity index (χ4n) is 2.87. The summed E-state index contributed by atoms with van der Waals surface area (Å²) in [5.74, 6) is -0.115. The van der Waals surface area contributed by atoms with Gasteiger partial charge in [-0.3, -0.25) is 9.59 Å². The standard InChI is InChI=1S/C16H19ClN6O2/c1-2-23-13(9-19-21-23)16(25)22-7-3-4-11(10-22)15(24)20-14-6-5-12(17)8-18-14/h5-6,8-9,11H,2-4,7,10H2,1H3,(H,18,20,24). The van der Waals surface area contributed by atoms with Gasteiger partial charge in [-0.25, -0.2) is 9.67 Å². The summed E-state index contributed by atoms with van der Waals surface area (Å²) in [4.78, 5) is 30.9. The van der Waals surface area contributed by atoms with Gasteiger partial charge in [-0.05, 0) is 31.9 Å². The normalized spacial score (nSPS) is 17.4. The monoisotopic (exact) mass is 362 g/mol. The molecule has 132 valence electrons. The molecule has 0 saturated carbocycles. The molecular weight excluding hydrogens is 344 g/mol. The predicted octanol–water partition coefficient (Wildman–Crippen LogP) is 1.84. The molecule has 0 bridgehead atoms. The van der Waals surface area contributed by atoms with Crippen molar-refractivity contribution in [1.82, 2.24) is 24.9 Å². The highest BCUT2D eigenvalue weighted by Gasteiger charge is 2.30. The lowest BCUT2D eigenvalue weighted by molar-refractivity contribution is -0.121. The highest BCUT2D eigenvalue weighted by molar-refractivity contribution is 6.30. The van der Waals surface area contributed by atoms with Gasteiger partial charge in [0.15, 0.2) is 0 Å². The maximum Gasteiger partial charge on any atom is 0.273 e. The van der Waals surface area contributed by atoms with Crippen LogP contribution in [0.25, 0.3) is 0 Å². The summed E-state index contributed by atoms with van der Waals surface area (Å²) < 4.78 is 1.56. The van der Waals surface area contributed by atoms with E-state index in [1.165, 1.54) is 12.4 Å². The Hall–Kier alpha value is -2.48. The van der Waals surface area contributed by atoms with Crippen LogP contribution in [0.4, 0.5) is 5.82 Å². The Bertz CT molecular complexity index is 760. The van der Waals surface area contributed by atoms with E-state index < -0.39 is 0 Å². The lowest BCUT2D eigenvalue weighted by Crippen LogP contribution is -2.44. The minimum Gasteiger partial charge on any atom is -0.336 e. The highest BCUT2D eigenvalue weighted by Crippen LogP contribution is 2.20. The molecule has 3 heterocycles. The van der Waals surface area contributed by atoms with Crippen molar-refractivity contribution < 1.29 is 9.59 Å². The Balaban J connectivity index is 1.65. The van der Waals surface area contributed by atoms with Gasteiger partial charge in [-0.1, -0.05) is 16.8 Å². The molecule has 1 aliphatic heterocycles. The van der Waals surface area contributed by atoms with Gasteiger partial charge in [0.25, 0.3) is 5.91 Å². The van der Waals surface area contributed by atoms with Crippen LogP contribution in [0.1, 0.15) is 30.3 Å². The maximum atomic E-state index is 12.7. The number of hydrogen-bond acceptors (Lipinski definition) is 5. The second-order valence-electron chi connectivity index (χ2n) is 5.88. The average Bonchev–Trinajstić information content (AvgIpc) is 3.12. The molecule has 2 amide bonds. The van der Waals surface area contributed by atoms with Crippen LogP contribution in [0.2, 0.25) is 5.02 Å². The molecule has 2 aromatic heterocycles. The number of nitrogens with one attached hydrogen (secondary N) is 1. The number of nitrogens with zero attached hydrogens (tertiary/aromatic N) is 5. The van der Waals surface area contributed by atoms with E-state index in [-0.39, 0.29) is 17.7 Å².